The molecule has 0 aliphatic carbocycles. The van der Waals surface area contributed by atoms with Gasteiger partial charge in [0.05, 0.1) is 6.04 Å². The summed E-state index contributed by atoms with van der Waals surface area (Å²) in [6.07, 6.45) is 1.68. The molecule has 0 spiro atoms. The molecule has 0 aromatic heterocycles. The van der Waals surface area contributed by atoms with Crippen LogP contribution >= 0.6 is 0 Å². The Morgan fingerprint density at radius 2 is 1.71 bits per heavy atom. The fourth-order valence-electron chi connectivity index (χ4n) is 4.36. The lowest BCUT2D eigenvalue weighted by molar-refractivity contribution is 0.470. The van der Waals surface area contributed by atoms with E-state index in [1.54, 1.807) is 6.08 Å². The zero-order valence-corrected chi connectivity index (χ0v) is 18.1. The molecule has 3 aromatic rings. The second-order valence-electron chi connectivity index (χ2n) is 7.52. The number of fused-ring (bicyclic) bond motifs is 1. The van der Waals surface area contributed by atoms with Crippen molar-refractivity contribution in [3.05, 3.63) is 107 Å². The van der Waals surface area contributed by atoms with E-state index in [-0.39, 0.29) is 23.8 Å². The summed E-state index contributed by atoms with van der Waals surface area (Å²) in [5, 5.41) is 6.74. The lowest BCUT2D eigenvalue weighted by atomic mass is 9.75. The molecule has 4 rings (SSSR count). The minimum atomic E-state index is -0.292. The van der Waals surface area contributed by atoms with Crippen molar-refractivity contribution < 1.29 is 4.39 Å². The fourth-order valence-corrected chi connectivity index (χ4v) is 4.36. The molecule has 5 heteroatoms. The minimum Gasteiger partial charge on any atom is -0.377 e. The number of rotatable bonds is 5. The first-order chi connectivity index (χ1) is 15.1. The SMILES string of the molecule is C=Cc1cc(F)cc2c1C(N)C(c1ccc(CNC)cc1)C(c1ccccc1)N2.CN. The van der Waals surface area contributed by atoms with Crippen LogP contribution in [0, 0.1) is 5.82 Å². The molecule has 0 fully saturated rings. The molecule has 3 atom stereocenters. The van der Waals surface area contributed by atoms with Gasteiger partial charge in [-0.05, 0) is 48.5 Å². The van der Waals surface area contributed by atoms with Gasteiger partial charge in [-0.25, -0.2) is 4.39 Å². The molecule has 0 saturated carbocycles. The summed E-state index contributed by atoms with van der Waals surface area (Å²) < 4.78 is 14.2. The highest BCUT2D eigenvalue weighted by Crippen LogP contribution is 2.49. The van der Waals surface area contributed by atoms with Crippen LogP contribution in [0.3, 0.4) is 0 Å². The lowest BCUT2D eigenvalue weighted by Gasteiger charge is -2.40. The molecule has 0 amide bonds. The van der Waals surface area contributed by atoms with Crippen LogP contribution < -0.4 is 22.1 Å². The van der Waals surface area contributed by atoms with E-state index >= 15 is 0 Å². The van der Waals surface area contributed by atoms with E-state index in [0.717, 1.165) is 34.5 Å². The van der Waals surface area contributed by atoms with E-state index in [4.69, 9.17) is 5.73 Å². The summed E-state index contributed by atoms with van der Waals surface area (Å²) >= 11 is 0. The molecule has 0 radical (unpaired) electrons. The topological polar surface area (TPSA) is 76.1 Å². The van der Waals surface area contributed by atoms with E-state index in [9.17, 15) is 4.39 Å². The third kappa shape index (κ3) is 4.69. The summed E-state index contributed by atoms with van der Waals surface area (Å²) in [4.78, 5) is 0. The molecule has 3 unspecified atom stereocenters. The van der Waals surface area contributed by atoms with Crippen LogP contribution in [0.15, 0.2) is 73.3 Å². The Labute approximate surface area is 184 Å². The highest BCUT2D eigenvalue weighted by Gasteiger charge is 2.37. The Kier molecular flexibility index (Phi) is 7.58. The second kappa shape index (κ2) is 10.4. The Balaban J connectivity index is 0.00000132. The number of anilines is 1. The quantitative estimate of drug-likeness (QED) is 0.484. The van der Waals surface area contributed by atoms with Crippen LogP contribution in [0.25, 0.3) is 6.08 Å². The first-order valence-corrected chi connectivity index (χ1v) is 10.5. The van der Waals surface area contributed by atoms with Gasteiger partial charge in [-0.1, -0.05) is 67.3 Å². The number of nitrogens with two attached hydrogens (primary N) is 2. The van der Waals surface area contributed by atoms with Gasteiger partial charge in [0.25, 0.3) is 0 Å². The van der Waals surface area contributed by atoms with Crippen molar-refractivity contribution in [1.82, 2.24) is 5.32 Å². The van der Waals surface area contributed by atoms with Crippen molar-refractivity contribution >= 4 is 11.8 Å². The Bertz CT molecular complexity index is 1000. The normalized spacial score (nSPS) is 19.5. The molecule has 1 heterocycles. The van der Waals surface area contributed by atoms with E-state index in [2.05, 4.69) is 59.3 Å². The van der Waals surface area contributed by atoms with Crippen LogP contribution in [0.5, 0.6) is 0 Å². The molecule has 4 nitrogen and oxygen atoms in total. The summed E-state index contributed by atoms with van der Waals surface area (Å²) in [6.45, 7) is 4.68. The van der Waals surface area contributed by atoms with Gasteiger partial charge in [0, 0.05) is 29.8 Å². The zero-order valence-electron chi connectivity index (χ0n) is 18.1. The Morgan fingerprint density at radius 1 is 1.03 bits per heavy atom. The number of nitrogens with one attached hydrogen (secondary N) is 2. The maximum absolute atomic E-state index is 14.2. The molecule has 31 heavy (non-hydrogen) atoms. The molecule has 0 bridgehead atoms. The van der Waals surface area contributed by atoms with E-state index in [1.807, 2.05) is 25.2 Å². The number of hydrogen-bond donors (Lipinski definition) is 4. The van der Waals surface area contributed by atoms with Crippen LogP contribution in [0.2, 0.25) is 0 Å². The predicted octanol–water partition coefficient (Wildman–Crippen LogP) is 4.71. The van der Waals surface area contributed by atoms with Gasteiger partial charge >= 0.3 is 0 Å². The standard InChI is InChI=1S/C25H26FN3.CH5N/c1-3-17-13-20(26)14-21-22(17)24(27)23(18-11-9-16(10-12-18)15-28-2)25(29-21)19-7-5-4-6-8-19;1-2/h3-14,23-25,28-29H,1,15,27H2,2H3;2H2,1H3. The van der Waals surface area contributed by atoms with Gasteiger partial charge in [-0.15, -0.1) is 0 Å². The number of hydrogen-bond acceptors (Lipinski definition) is 4. The van der Waals surface area contributed by atoms with E-state index in [1.165, 1.54) is 24.7 Å². The zero-order chi connectivity index (χ0) is 22.4. The molecule has 1 aliphatic rings. The van der Waals surface area contributed by atoms with Gasteiger partial charge in [0.1, 0.15) is 5.82 Å². The fraction of sp³-hybridized carbons (Fsp3) is 0.231. The molecular weight excluding hydrogens is 387 g/mol. The van der Waals surface area contributed by atoms with Gasteiger partial charge in [-0.3, -0.25) is 0 Å². The molecular formula is C26H31FN4. The lowest BCUT2D eigenvalue weighted by Crippen LogP contribution is -2.35. The van der Waals surface area contributed by atoms with Crippen LogP contribution in [-0.2, 0) is 6.54 Å². The Hall–Kier alpha value is -2.99. The van der Waals surface area contributed by atoms with Crippen molar-refractivity contribution in [3.8, 4) is 0 Å². The summed E-state index contributed by atoms with van der Waals surface area (Å²) in [5.74, 6) is -0.294. The molecule has 0 saturated heterocycles. The minimum absolute atomic E-state index is 0.00213. The van der Waals surface area contributed by atoms with Gasteiger partial charge in [0.2, 0.25) is 0 Å². The molecule has 6 N–H and O–H groups in total. The van der Waals surface area contributed by atoms with Crippen molar-refractivity contribution in [3.63, 3.8) is 0 Å². The smallest absolute Gasteiger partial charge is 0.125 e. The third-order valence-electron chi connectivity index (χ3n) is 5.69. The van der Waals surface area contributed by atoms with Crippen LogP contribution in [0.4, 0.5) is 10.1 Å². The summed E-state index contributed by atoms with van der Waals surface area (Å²) in [5.41, 5.74) is 17.2. The average Bonchev–Trinajstić information content (AvgIpc) is 2.81. The summed E-state index contributed by atoms with van der Waals surface area (Å²) in [6, 6.07) is 21.5. The number of halogens is 1. The third-order valence-corrected chi connectivity index (χ3v) is 5.69. The molecule has 162 valence electrons. The van der Waals surface area contributed by atoms with E-state index in [0.29, 0.717) is 0 Å². The van der Waals surface area contributed by atoms with Gasteiger partial charge in [0.15, 0.2) is 0 Å². The summed E-state index contributed by atoms with van der Waals surface area (Å²) in [7, 11) is 3.44. The van der Waals surface area contributed by atoms with Crippen LogP contribution in [-0.4, -0.2) is 14.1 Å². The van der Waals surface area contributed by atoms with Crippen molar-refractivity contribution in [2.45, 2.75) is 24.5 Å². The maximum atomic E-state index is 14.2. The first-order valence-electron chi connectivity index (χ1n) is 10.5. The highest BCUT2D eigenvalue weighted by molar-refractivity contribution is 5.68. The highest BCUT2D eigenvalue weighted by atomic mass is 19.1. The van der Waals surface area contributed by atoms with Crippen LogP contribution in [0.1, 0.15) is 45.8 Å². The molecule has 3 aromatic carbocycles. The monoisotopic (exact) mass is 418 g/mol. The van der Waals surface area contributed by atoms with Gasteiger partial charge in [-0.2, -0.15) is 0 Å². The first kappa shape index (κ1) is 22.7. The van der Waals surface area contributed by atoms with Crippen molar-refractivity contribution in [2.75, 3.05) is 19.4 Å². The molecule has 1 aliphatic heterocycles. The van der Waals surface area contributed by atoms with Crippen molar-refractivity contribution in [2.24, 2.45) is 11.5 Å². The van der Waals surface area contributed by atoms with Gasteiger partial charge < -0.3 is 22.1 Å². The average molecular weight is 419 g/mol. The largest absolute Gasteiger partial charge is 0.377 e. The Morgan fingerprint density at radius 3 is 2.32 bits per heavy atom. The van der Waals surface area contributed by atoms with E-state index < -0.39 is 0 Å². The predicted molar refractivity (Wildman–Crippen MR) is 128 cm³/mol. The second-order valence-corrected chi connectivity index (χ2v) is 7.52. The number of benzene rings is 3. The maximum Gasteiger partial charge on any atom is 0.125 e. The van der Waals surface area contributed by atoms with Crippen molar-refractivity contribution in [1.29, 1.82) is 0 Å².